The van der Waals surface area contributed by atoms with E-state index in [2.05, 4.69) is 20.5 Å². The summed E-state index contributed by atoms with van der Waals surface area (Å²) in [5, 5.41) is 9.14. The molecule has 0 aliphatic rings. The van der Waals surface area contributed by atoms with Crippen LogP contribution in [0.15, 0.2) is 27.4 Å². The predicted molar refractivity (Wildman–Crippen MR) is 95.8 cm³/mol. The molecule has 27 heavy (non-hydrogen) atoms. The van der Waals surface area contributed by atoms with Gasteiger partial charge in [0.25, 0.3) is 5.89 Å². The van der Waals surface area contributed by atoms with Crippen molar-refractivity contribution in [3.8, 4) is 11.6 Å². The summed E-state index contributed by atoms with van der Waals surface area (Å²) in [6.07, 6.45) is -4.31. The molecule has 2 N–H and O–H groups in total. The highest BCUT2D eigenvalue weighted by Crippen LogP contribution is 2.35. The van der Waals surface area contributed by atoms with Crippen molar-refractivity contribution in [2.75, 3.05) is 11.9 Å². The number of hydrogen-bond acceptors (Lipinski definition) is 5. The van der Waals surface area contributed by atoms with Crippen LogP contribution in [-0.4, -0.2) is 27.9 Å². The Kier molecular flexibility index (Phi) is 4.49. The SMILES string of the molecule is Cc1cc(-c2n[nH]c(=O)o2)nc2c(C(C)(C)C)cc(NCC(F)(F)F)cc12. The van der Waals surface area contributed by atoms with E-state index in [1.54, 1.807) is 18.2 Å². The van der Waals surface area contributed by atoms with Crippen molar-refractivity contribution in [1.82, 2.24) is 15.2 Å². The molecule has 6 nitrogen and oxygen atoms in total. The molecule has 2 aromatic heterocycles. The Labute approximate surface area is 152 Å². The number of halogens is 3. The van der Waals surface area contributed by atoms with Crippen molar-refractivity contribution in [1.29, 1.82) is 0 Å². The maximum atomic E-state index is 12.6. The van der Waals surface area contributed by atoms with Gasteiger partial charge in [0.1, 0.15) is 12.2 Å². The summed E-state index contributed by atoms with van der Waals surface area (Å²) < 4.78 is 42.7. The lowest BCUT2D eigenvalue weighted by atomic mass is 9.84. The van der Waals surface area contributed by atoms with E-state index in [1.165, 1.54) is 0 Å². The van der Waals surface area contributed by atoms with Gasteiger partial charge in [-0.1, -0.05) is 20.8 Å². The number of aromatic amines is 1. The Hall–Kier alpha value is -2.84. The fraction of sp³-hybridized carbons (Fsp3) is 0.389. The Morgan fingerprint density at radius 2 is 1.89 bits per heavy atom. The normalized spacial score (nSPS) is 12.6. The molecule has 3 rings (SSSR count). The summed E-state index contributed by atoms with van der Waals surface area (Å²) in [7, 11) is 0. The van der Waals surface area contributed by atoms with Crippen LogP contribution < -0.4 is 11.1 Å². The fourth-order valence-corrected chi connectivity index (χ4v) is 2.82. The number of aromatic nitrogens is 3. The number of nitrogens with one attached hydrogen (secondary N) is 2. The summed E-state index contributed by atoms with van der Waals surface area (Å²) in [6, 6.07) is 5.00. The first-order chi connectivity index (χ1) is 12.4. The van der Waals surface area contributed by atoms with Crippen molar-refractivity contribution in [3.63, 3.8) is 0 Å². The third-order valence-corrected chi connectivity index (χ3v) is 4.08. The van der Waals surface area contributed by atoms with Crippen LogP contribution in [0.3, 0.4) is 0 Å². The van der Waals surface area contributed by atoms with Crippen LogP contribution in [-0.2, 0) is 5.41 Å². The first-order valence-corrected chi connectivity index (χ1v) is 8.26. The van der Waals surface area contributed by atoms with Crippen LogP contribution in [0.25, 0.3) is 22.5 Å². The van der Waals surface area contributed by atoms with Crippen molar-refractivity contribution in [2.45, 2.75) is 39.3 Å². The van der Waals surface area contributed by atoms with Gasteiger partial charge in [0.05, 0.1) is 5.52 Å². The van der Waals surface area contributed by atoms with Crippen molar-refractivity contribution in [2.24, 2.45) is 0 Å². The average Bonchev–Trinajstić information content (AvgIpc) is 2.97. The first kappa shape index (κ1) is 18.9. The monoisotopic (exact) mass is 380 g/mol. The zero-order valence-corrected chi connectivity index (χ0v) is 15.3. The van der Waals surface area contributed by atoms with E-state index in [4.69, 9.17) is 4.42 Å². The van der Waals surface area contributed by atoms with Crippen LogP contribution in [0.1, 0.15) is 31.9 Å². The number of benzene rings is 1. The van der Waals surface area contributed by atoms with E-state index >= 15 is 0 Å². The van der Waals surface area contributed by atoms with Crippen LogP contribution in [0.4, 0.5) is 18.9 Å². The minimum absolute atomic E-state index is 0.0594. The molecule has 0 unspecified atom stereocenters. The molecule has 0 radical (unpaired) electrons. The summed E-state index contributed by atoms with van der Waals surface area (Å²) in [6.45, 7) is 6.55. The highest BCUT2D eigenvalue weighted by molar-refractivity contribution is 5.90. The number of rotatable bonds is 3. The average molecular weight is 380 g/mol. The highest BCUT2D eigenvalue weighted by atomic mass is 19.4. The van der Waals surface area contributed by atoms with E-state index in [9.17, 15) is 18.0 Å². The van der Waals surface area contributed by atoms with Crippen molar-refractivity contribution >= 4 is 16.6 Å². The van der Waals surface area contributed by atoms with Crippen LogP contribution in [0.5, 0.6) is 0 Å². The summed E-state index contributed by atoms with van der Waals surface area (Å²) in [4.78, 5) is 15.8. The van der Waals surface area contributed by atoms with Gasteiger partial charge in [0, 0.05) is 11.1 Å². The molecular weight excluding hydrogens is 361 g/mol. The Morgan fingerprint density at radius 3 is 2.44 bits per heavy atom. The second-order valence-corrected chi connectivity index (χ2v) is 7.38. The molecule has 0 spiro atoms. The van der Waals surface area contributed by atoms with Gasteiger partial charge in [0.15, 0.2) is 0 Å². The van der Waals surface area contributed by atoms with Gasteiger partial charge in [-0.05, 0) is 41.7 Å². The number of H-pyrrole nitrogens is 1. The number of aryl methyl sites for hydroxylation is 1. The van der Waals surface area contributed by atoms with Crippen LogP contribution >= 0.6 is 0 Å². The number of anilines is 1. The molecule has 9 heteroatoms. The van der Waals surface area contributed by atoms with Gasteiger partial charge in [-0.25, -0.2) is 14.9 Å². The highest BCUT2D eigenvalue weighted by Gasteiger charge is 2.27. The summed E-state index contributed by atoms with van der Waals surface area (Å²) in [5.74, 6) is -0.628. The lowest BCUT2D eigenvalue weighted by Gasteiger charge is -2.23. The molecule has 1 aromatic carbocycles. The number of alkyl halides is 3. The minimum Gasteiger partial charge on any atom is -0.386 e. The van der Waals surface area contributed by atoms with Crippen molar-refractivity contribution < 1.29 is 17.6 Å². The van der Waals surface area contributed by atoms with Gasteiger partial charge in [0.2, 0.25) is 0 Å². The predicted octanol–water partition coefficient (Wildman–Crippen LogP) is 4.16. The maximum absolute atomic E-state index is 12.6. The maximum Gasteiger partial charge on any atom is 0.434 e. The van der Waals surface area contributed by atoms with E-state index in [1.807, 2.05) is 27.7 Å². The fourth-order valence-electron chi connectivity index (χ4n) is 2.82. The Morgan fingerprint density at radius 1 is 1.19 bits per heavy atom. The summed E-state index contributed by atoms with van der Waals surface area (Å²) in [5.41, 5.74) is 2.54. The first-order valence-electron chi connectivity index (χ1n) is 8.26. The molecule has 0 aliphatic heterocycles. The molecule has 0 aliphatic carbocycles. The molecular formula is C18H19F3N4O2. The van der Waals surface area contributed by atoms with E-state index in [0.29, 0.717) is 22.3 Å². The molecule has 0 saturated heterocycles. The van der Waals surface area contributed by atoms with Gasteiger partial charge < -0.3 is 9.73 Å². The molecule has 0 saturated carbocycles. The van der Waals surface area contributed by atoms with Gasteiger partial charge in [-0.2, -0.15) is 13.2 Å². The lowest BCUT2D eigenvalue weighted by molar-refractivity contribution is -0.115. The Balaban J connectivity index is 2.20. The van der Waals surface area contributed by atoms with Crippen molar-refractivity contribution in [3.05, 3.63) is 39.9 Å². The van der Waals surface area contributed by atoms with Gasteiger partial charge in [-0.15, -0.1) is 5.10 Å². The third-order valence-electron chi connectivity index (χ3n) is 4.08. The zero-order chi connectivity index (χ0) is 20.0. The van der Waals surface area contributed by atoms with E-state index in [0.717, 1.165) is 11.1 Å². The number of nitrogens with zero attached hydrogens (tertiary/aromatic N) is 2. The summed E-state index contributed by atoms with van der Waals surface area (Å²) >= 11 is 0. The van der Waals surface area contributed by atoms with Crippen LogP contribution in [0.2, 0.25) is 0 Å². The van der Waals surface area contributed by atoms with Gasteiger partial charge in [-0.3, -0.25) is 0 Å². The number of fused-ring (bicyclic) bond motifs is 1. The standard InChI is InChI=1S/C18H19F3N4O2/c1-9-5-13(15-24-25-16(26)27-15)23-14-11(9)6-10(22-8-18(19,20)21)7-12(14)17(2,3)4/h5-7,22H,8H2,1-4H3,(H,25,26). The number of pyridine rings is 1. The van der Waals surface area contributed by atoms with Gasteiger partial charge >= 0.3 is 11.9 Å². The topological polar surface area (TPSA) is 83.8 Å². The third kappa shape index (κ3) is 4.12. The molecule has 144 valence electrons. The van der Waals surface area contributed by atoms with Crippen LogP contribution in [0, 0.1) is 6.92 Å². The number of hydrogen-bond donors (Lipinski definition) is 2. The molecule has 0 atom stereocenters. The molecule has 3 aromatic rings. The minimum atomic E-state index is -4.31. The lowest BCUT2D eigenvalue weighted by Crippen LogP contribution is -2.22. The quantitative estimate of drug-likeness (QED) is 0.713. The second-order valence-electron chi connectivity index (χ2n) is 7.38. The molecule has 2 heterocycles. The Bertz CT molecular complexity index is 1050. The smallest absolute Gasteiger partial charge is 0.386 e. The van der Waals surface area contributed by atoms with E-state index in [-0.39, 0.29) is 11.3 Å². The molecule has 0 bridgehead atoms. The largest absolute Gasteiger partial charge is 0.434 e. The molecule has 0 amide bonds. The molecule has 0 fully saturated rings. The van der Waals surface area contributed by atoms with E-state index < -0.39 is 18.5 Å². The zero-order valence-electron chi connectivity index (χ0n) is 15.3. The second kappa shape index (κ2) is 6.40.